The molecule has 1 saturated carbocycles. The van der Waals surface area contributed by atoms with E-state index in [2.05, 4.69) is 33.0 Å². The van der Waals surface area contributed by atoms with Crippen LogP contribution in [-0.4, -0.2) is 21.2 Å². The lowest BCUT2D eigenvalue weighted by molar-refractivity contribution is 0.457. The lowest BCUT2D eigenvalue weighted by Gasteiger charge is -2.08. The summed E-state index contributed by atoms with van der Waals surface area (Å²) in [5.41, 5.74) is 1.71. The summed E-state index contributed by atoms with van der Waals surface area (Å²) in [6.45, 7) is 10.1. The molecule has 0 heterocycles. The van der Waals surface area contributed by atoms with E-state index in [0.29, 0.717) is 21.6 Å². The highest BCUT2D eigenvalue weighted by Crippen LogP contribution is 2.68. The summed E-state index contributed by atoms with van der Waals surface area (Å²) in [6, 6.07) is 6.97. The Labute approximate surface area is 116 Å². The molecule has 1 aromatic rings. The molecule has 19 heavy (non-hydrogen) atoms. The van der Waals surface area contributed by atoms with Gasteiger partial charge >= 0.3 is 0 Å². The van der Waals surface area contributed by atoms with Crippen LogP contribution in [0.5, 0.6) is 0 Å². The van der Waals surface area contributed by atoms with Crippen molar-refractivity contribution in [3.63, 3.8) is 0 Å². The molecule has 0 atom stereocenters. The molecule has 0 bridgehead atoms. The predicted molar refractivity (Wildman–Crippen MR) is 79.1 cm³/mol. The molecule has 1 aromatic carbocycles. The normalized spacial score (nSPS) is 21.1. The van der Waals surface area contributed by atoms with Gasteiger partial charge in [-0.05, 0) is 41.0 Å². The van der Waals surface area contributed by atoms with Gasteiger partial charge in [-0.25, -0.2) is 8.42 Å². The third-order valence-electron chi connectivity index (χ3n) is 5.11. The number of nitrogens with one attached hydrogen (secondary N) is 1. The number of anilines is 1. The fourth-order valence-corrected chi connectivity index (χ4v) is 3.51. The van der Waals surface area contributed by atoms with Gasteiger partial charge in [0.25, 0.3) is 0 Å². The summed E-state index contributed by atoms with van der Waals surface area (Å²) in [5, 5.41) is 3.40. The largest absolute Gasteiger partial charge is 0.385 e. The zero-order valence-electron chi connectivity index (χ0n) is 12.3. The van der Waals surface area contributed by atoms with Crippen LogP contribution in [0, 0.1) is 16.7 Å². The van der Waals surface area contributed by atoms with Gasteiger partial charge in [-0.15, -0.1) is 0 Å². The highest BCUT2D eigenvalue weighted by Gasteiger charge is 2.63. The van der Waals surface area contributed by atoms with Gasteiger partial charge in [0.2, 0.25) is 0 Å². The molecule has 0 aliphatic heterocycles. The second-order valence-corrected chi connectivity index (χ2v) is 8.69. The van der Waals surface area contributed by atoms with Crippen LogP contribution in [0.25, 0.3) is 0 Å². The summed E-state index contributed by atoms with van der Waals surface area (Å²) in [6.07, 6.45) is 1.23. The molecule has 106 valence electrons. The molecule has 0 unspecified atom stereocenters. The van der Waals surface area contributed by atoms with Crippen LogP contribution in [-0.2, 0) is 9.84 Å². The molecule has 0 aromatic heterocycles. The zero-order chi connectivity index (χ0) is 14.5. The minimum atomic E-state index is -3.10. The maximum atomic E-state index is 11.4. The maximum Gasteiger partial charge on any atom is 0.175 e. The van der Waals surface area contributed by atoms with Crippen LogP contribution >= 0.6 is 0 Å². The number of sulfone groups is 1. The van der Waals surface area contributed by atoms with Crippen molar-refractivity contribution >= 4 is 15.5 Å². The van der Waals surface area contributed by atoms with Gasteiger partial charge < -0.3 is 5.32 Å². The molecule has 4 heteroatoms. The van der Waals surface area contributed by atoms with Gasteiger partial charge in [-0.1, -0.05) is 27.7 Å². The van der Waals surface area contributed by atoms with E-state index in [9.17, 15) is 8.42 Å². The third kappa shape index (κ3) is 2.50. The molecular formula is C15H23NO2S. The van der Waals surface area contributed by atoms with Gasteiger partial charge in [0.05, 0.1) is 4.90 Å². The number of hydrogen-bond donors (Lipinski definition) is 1. The first-order valence-electron chi connectivity index (χ1n) is 6.61. The van der Waals surface area contributed by atoms with Gasteiger partial charge in [0.15, 0.2) is 9.84 Å². The molecule has 1 N–H and O–H groups in total. The standard InChI is InChI=1S/C15H23NO2S/c1-14(2)13(15(14,3)4)10-16-11-6-8-12(9-7-11)19(5,17)18/h6-9,13,16H,10H2,1-5H3. The zero-order valence-corrected chi connectivity index (χ0v) is 13.1. The predicted octanol–water partition coefficient (Wildman–Crippen LogP) is 3.18. The summed E-state index contributed by atoms with van der Waals surface area (Å²) in [7, 11) is -3.10. The van der Waals surface area contributed by atoms with Gasteiger partial charge in [0, 0.05) is 18.5 Å². The van der Waals surface area contributed by atoms with Crippen LogP contribution in [0.4, 0.5) is 5.69 Å². The first-order valence-corrected chi connectivity index (χ1v) is 8.50. The van der Waals surface area contributed by atoms with Crippen LogP contribution in [0.1, 0.15) is 27.7 Å². The van der Waals surface area contributed by atoms with Gasteiger partial charge in [0.1, 0.15) is 0 Å². The molecule has 3 nitrogen and oxygen atoms in total. The molecule has 1 fully saturated rings. The Morgan fingerprint density at radius 3 is 1.89 bits per heavy atom. The van der Waals surface area contributed by atoms with Crippen LogP contribution < -0.4 is 5.32 Å². The summed E-state index contributed by atoms with van der Waals surface area (Å²) < 4.78 is 22.7. The lowest BCUT2D eigenvalue weighted by Crippen LogP contribution is -2.08. The number of benzene rings is 1. The smallest absolute Gasteiger partial charge is 0.175 e. The van der Waals surface area contributed by atoms with E-state index in [1.165, 1.54) is 6.26 Å². The van der Waals surface area contributed by atoms with Crippen molar-refractivity contribution in [3.05, 3.63) is 24.3 Å². The molecule has 0 spiro atoms. The van der Waals surface area contributed by atoms with Crippen molar-refractivity contribution in [1.82, 2.24) is 0 Å². The van der Waals surface area contributed by atoms with E-state index in [4.69, 9.17) is 0 Å². The number of hydrogen-bond acceptors (Lipinski definition) is 3. The molecular weight excluding hydrogens is 258 g/mol. The van der Waals surface area contributed by atoms with E-state index in [1.807, 2.05) is 12.1 Å². The van der Waals surface area contributed by atoms with E-state index in [0.717, 1.165) is 12.2 Å². The fourth-order valence-electron chi connectivity index (χ4n) is 2.88. The second kappa shape index (κ2) is 4.23. The molecule has 2 rings (SSSR count). The highest BCUT2D eigenvalue weighted by molar-refractivity contribution is 7.90. The average molecular weight is 281 g/mol. The average Bonchev–Trinajstić information content (AvgIpc) is 2.66. The molecule has 0 amide bonds. The lowest BCUT2D eigenvalue weighted by atomic mass is 10.0. The molecule has 1 aliphatic rings. The van der Waals surface area contributed by atoms with E-state index in [1.54, 1.807) is 12.1 Å². The SMILES string of the molecule is CC1(C)C(CNc2ccc(S(C)(=O)=O)cc2)C1(C)C. The minimum Gasteiger partial charge on any atom is -0.385 e. The van der Waals surface area contributed by atoms with Crippen molar-refractivity contribution in [2.24, 2.45) is 16.7 Å². The Balaban J connectivity index is 1.99. The van der Waals surface area contributed by atoms with Crippen molar-refractivity contribution in [2.45, 2.75) is 32.6 Å². The van der Waals surface area contributed by atoms with Crippen molar-refractivity contribution in [3.8, 4) is 0 Å². The highest BCUT2D eigenvalue weighted by atomic mass is 32.2. The Bertz CT molecular complexity index is 557. The fraction of sp³-hybridized carbons (Fsp3) is 0.600. The topological polar surface area (TPSA) is 46.2 Å². The van der Waals surface area contributed by atoms with E-state index < -0.39 is 9.84 Å². The first kappa shape index (κ1) is 14.4. The third-order valence-corrected chi connectivity index (χ3v) is 6.24. The van der Waals surface area contributed by atoms with Crippen LogP contribution in [0.15, 0.2) is 29.2 Å². The minimum absolute atomic E-state index is 0.366. The molecule has 1 aliphatic carbocycles. The monoisotopic (exact) mass is 281 g/mol. The first-order chi connectivity index (χ1) is 8.57. The Hall–Kier alpha value is -1.03. The van der Waals surface area contributed by atoms with Crippen LogP contribution in [0.2, 0.25) is 0 Å². The quantitative estimate of drug-likeness (QED) is 0.922. The van der Waals surface area contributed by atoms with Crippen molar-refractivity contribution in [2.75, 3.05) is 18.1 Å². The molecule has 0 saturated heterocycles. The number of rotatable bonds is 4. The second-order valence-electron chi connectivity index (χ2n) is 6.67. The van der Waals surface area contributed by atoms with Crippen LogP contribution in [0.3, 0.4) is 0 Å². The van der Waals surface area contributed by atoms with Gasteiger partial charge in [-0.3, -0.25) is 0 Å². The Morgan fingerprint density at radius 1 is 1.05 bits per heavy atom. The van der Waals surface area contributed by atoms with Crippen molar-refractivity contribution < 1.29 is 8.42 Å². The van der Waals surface area contributed by atoms with Gasteiger partial charge in [-0.2, -0.15) is 0 Å². The molecule has 0 radical (unpaired) electrons. The Kier molecular flexibility index (Phi) is 3.21. The Morgan fingerprint density at radius 2 is 1.53 bits per heavy atom. The van der Waals surface area contributed by atoms with E-state index >= 15 is 0 Å². The maximum absolute atomic E-state index is 11.4. The van der Waals surface area contributed by atoms with E-state index in [-0.39, 0.29) is 0 Å². The summed E-state index contributed by atoms with van der Waals surface area (Å²) in [5.74, 6) is 0.648. The summed E-state index contributed by atoms with van der Waals surface area (Å²) >= 11 is 0. The summed E-state index contributed by atoms with van der Waals surface area (Å²) in [4.78, 5) is 0.366. The van der Waals surface area contributed by atoms with Crippen molar-refractivity contribution in [1.29, 1.82) is 0 Å².